The van der Waals surface area contributed by atoms with E-state index in [9.17, 15) is 14.7 Å². The second-order valence-corrected chi connectivity index (χ2v) is 9.19. The number of rotatable bonds is 7. The molecule has 7 heteroatoms. The summed E-state index contributed by atoms with van der Waals surface area (Å²) in [6.45, 7) is 6.44. The van der Waals surface area contributed by atoms with Crippen LogP contribution in [0.2, 0.25) is 0 Å². The Morgan fingerprint density at radius 3 is 2.77 bits per heavy atom. The van der Waals surface area contributed by atoms with Crippen molar-refractivity contribution >= 4 is 11.8 Å². The minimum absolute atomic E-state index is 0.0135. The number of benzene rings is 1. The van der Waals surface area contributed by atoms with Gasteiger partial charge in [0.1, 0.15) is 11.7 Å². The Balaban J connectivity index is 1.87. The molecule has 2 aromatic rings. The van der Waals surface area contributed by atoms with E-state index in [1.54, 1.807) is 29.1 Å². The molecular weight excluding hydrogens is 442 g/mol. The van der Waals surface area contributed by atoms with Crippen LogP contribution in [0.1, 0.15) is 55.1 Å². The first-order valence-corrected chi connectivity index (χ1v) is 12.2. The molecule has 3 rings (SSSR count). The first kappa shape index (κ1) is 26.2. The molecule has 2 amide bonds. The molecule has 1 aliphatic heterocycles. The van der Waals surface area contributed by atoms with E-state index in [1.807, 2.05) is 44.2 Å². The van der Waals surface area contributed by atoms with Crippen LogP contribution in [0, 0.1) is 17.8 Å². The highest BCUT2D eigenvalue weighted by molar-refractivity contribution is 5.97. The molecule has 1 aliphatic rings. The summed E-state index contributed by atoms with van der Waals surface area (Å²) >= 11 is 0. The predicted molar refractivity (Wildman–Crippen MR) is 135 cm³/mol. The number of aliphatic hydroxyl groups excluding tert-OH is 1. The van der Waals surface area contributed by atoms with E-state index in [0.717, 1.165) is 18.4 Å². The number of ether oxygens (including phenoxy) is 1. The molecule has 1 aromatic heterocycles. The summed E-state index contributed by atoms with van der Waals surface area (Å²) in [4.78, 5) is 34.1. The first-order valence-electron chi connectivity index (χ1n) is 12.2. The van der Waals surface area contributed by atoms with Gasteiger partial charge in [0.05, 0.1) is 25.6 Å². The third-order valence-corrected chi connectivity index (χ3v) is 6.21. The molecule has 0 bridgehead atoms. The molecule has 0 aliphatic carbocycles. The lowest BCUT2D eigenvalue weighted by molar-refractivity contribution is -0.130. The van der Waals surface area contributed by atoms with Crippen LogP contribution in [0.25, 0.3) is 0 Å². The minimum atomic E-state index is -0.385. The number of aromatic nitrogens is 1. The van der Waals surface area contributed by atoms with E-state index in [1.165, 1.54) is 0 Å². The zero-order valence-corrected chi connectivity index (χ0v) is 21.0. The van der Waals surface area contributed by atoms with Gasteiger partial charge in [-0.1, -0.05) is 56.0 Å². The summed E-state index contributed by atoms with van der Waals surface area (Å²) in [6.07, 6.45) is 3.25. The molecule has 1 N–H and O–H groups in total. The summed E-state index contributed by atoms with van der Waals surface area (Å²) in [5.41, 5.74) is 1.92. The number of aliphatic hydroxyl groups is 1. The summed E-state index contributed by atoms with van der Waals surface area (Å²) in [6, 6.07) is 11.0. The highest BCUT2D eigenvalue weighted by atomic mass is 16.5. The Kier molecular flexibility index (Phi) is 9.27. The quantitative estimate of drug-likeness (QED) is 0.620. The molecule has 0 fully saturated rings. The molecule has 3 atom stereocenters. The monoisotopic (exact) mass is 477 g/mol. The summed E-state index contributed by atoms with van der Waals surface area (Å²) in [5, 5.41) is 9.81. The first-order chi connectivity index (χ1) is 16.8. The van der Waals surface area contributed by atoms with Gasteiger partial charge in [-0.05, 0) is 25.0 Å². The summed E-state index contributed by atoms with van der Waals surface area (Å²) < 4.78 is 6.27. The molecule has 186 valence electrons. The molecule has 0 radical (unpaired) electrons. The van der Waals surface area contributed by atoms with Crippen molar-refractivity contribution in [1.29, 1.82) is 0 Å². The number of hydrogen-bond acceptors (Lipinski definition) is 5. The summed E-state index contributed by atoms with van der Waals surface area (Å²) in [7, 11) is 1.76. The molecule has 0 saturated carbocycles. The van der Waals surface area contributed by atoms with Gasteiger partial charge in [-0.2, -0.15) is 0 Å². The Morgan fingerprint density at radius 2 is 2.09 bits per heavy atom. The van der Waals surface area contributed by atoms with Crippen LogP contribution in [0.5, 0.6) is 5.88 Å². The fourth-order valence-electron chi connectivity index (χ4n) is 3.96. The van der Waals surface area contributed by atoms with E-state index >= 15 is 0 Å². The van der Waals surface area contributed by atoms with Crippen molar-refractivity contribution in [2.75, 3.05) is 26.7 Å². The van der Waals surface area contributed by atoms with Gasteiger partial charge in [-0.3, -0.25) is 9.59 Å². The lowest BCUT2D eigenvalue weighted by atomic mass is 9.99. The van der Waals surface area contributed by atoms with Crippen molar-refractivity contribution in [3.8, 4) is 17.7 Å². The Bertz CT molecular complexity index is 1080. The second-order valence-electron chi connectivity index (χ2n) is 9.19. The number of hydrogen-bond donors (Lipinski definition) is 1. The number of nitrogens with zero attached hydrogens (tertiary/aromatic N) is 3. The molecule has 0 unspecified atom stereocenters. The maximum atomic E-state index is 13.4. The SMILES string of the molecule is CCCC#Cc1cnc2c(c1)C(=O)N([C@@H](C)CO)C[C@@H](C)[C@@H](CN(C)C(=O)Cc1ccccc1)O2. The van der Waals surface area contributed by atoms with Gasteiger partial charge in [0.25, 0.3) is 5.91 Å². The van der Waals surface area contributed by atoms with Gasteiger partial charge in [0.2, 0.25) is 11.8 Å². The van der Waals surface area contributed by atoms with Crippen molar-refractivity contribution in [2.45, 2.75) is 52.2 Å². The molecule has 0 saturated heterocycles. The maximum Gasteiger partial charge on any atom is 0.259 e. The average Bonchev–Trinajstić information content (AvgIpc) is 2.86. The van der Waals surface area contributed by atoms with E-state index < -0.39 is 0 Å². The third kappa shape index (κ3) is 6.83. The van der Waals surface area contributed by atoms with E-state index in [-0.39, 0.29) is 42.4 Å². The van der Waals surface area contributed by atoms with E-state index in [4.69, 9.17) is 4.74 Å². The van der Waals surface area contributed by atoms with Crippen LogP contribution in [-0.4, -0.2) is 70.6 Å². The third-order valence-electron chi connectivity index (χ3n) is 6.21. The number of fused-ring (bicyclic) bond motifs is 1. The maximum absolute atomic E-state index is 13.4. The van der Waals surface area contributed by atoms with Gasteiger partial charge in [-0.15, -0.1) is 0 Å². The molecule has 2 heterocycles. The number of carbonyl (C=O) groups is 2. The molecule has 7 nitrogen and oxygen atoms in total. The van der Waals surface area contributed by atoms with Crippen LogP contribution < -0.4 is 4.74 Å². The van der Waals surface area contributed by atoms with Gasteiger partial charge in [0, 0.05) is 37.7 Å². The van der Waals surface area contributed by atoms with Crippen LogP contribution in [0.4, 0.5) is 0 Å². The largest absolute Gasteiger partial charge is 0.472 e. The predicted octanol–water partition coefficient (Wildman–Crippen LogP) is 3.15. The topological polar surface area (TPSA) is 83.0 Å². The van der Waals surface area contributed by atoms with Crippen LogP contribution in [0.3, 0.4) is 0 Å². The highest BCUT2D eigenvalue weighted by Gasteiger charge is 2.34. The molecular formula is C28H35N3O4. The molecule has 35 heavy (non-hydrogen) atoms. The lowest BCUT2D eigenvalue weighted by Gasteiger charge is -2.37. The Hall–Kier alpha value is -3.37. The van der Waals surface area contributed by atoms with Crippen molar-refractivity contribution in [1.82, 2.24) is 14.8 Å². The smallest absolute Gasteiger partial charge is 0.259 e. The normalized spacial score (nSPS) is 18.3. The number of carbonyl (C=O) groups excluding carboxylic acids is 2. The fourth-order valence-corrected chi connectivity index (χ4v) is 3.96. The van der Waals surface area contributed by atoms with Crippen molar-refractivity contribution in [3.05, 3.63) is 59.3 Å². The molecule has 0 spiro atoms. The van der Waals surface area contributed by atoms with Gasteiger partial charge >= 0.3 is 0 Å². The van der Waals surface area contributed by atoms with Crippen LogP contribution >= 0.6 is 0 Å². The molecule has 1 aromatic carbocycles. The Labute approximate surface area is 208 Å². The zero-order valence-electron chi connectivity index (χ0n) is 21.0. The van der Waals surface area contributed by atoms with E-state index in [0.29, 0.717) is 30.6 Å². The van der Waals surface area contributed by atoms with Crippen molar-refractivity contribution < 1.29 is 19.4 Å². The average molecular weight is 478 g/mol. The standard InChI is InChI=1S/C28H35N3O4/c1-5-6-8-13-23-14-24-27(29-16-23)35-25(20(2)17-31(28(24)34)21(3)19-32)18-30(4)26(33)15-22-11-9-7-10-12-22/h7,9-12,14,16,20-21,25,32H,5-6,15,17-19H2,1-4H3/t20-,21+,25-/m1/s1. The minimum Gasteiger partial charge on any atom is -0.472 e. The number of unbranched alkanes of at least 4 members (excludes halogenated alkanes) is 1. The highest BCUT2D eigenvalue weighted by Crippen LogP contribution is 2.27. The van der Waals surface area contributed by atoms with Crippen LogP contribution in [-0.2, 0) is 11.2 Å². The lowest BCUT2D eigenvalue weighted by Crippen LogP contribution is -2.50. The van der Waals surface area contributed by atoms with Gasteiger partial charge < -0.3 is 19.6 Å². The van der Waals surface area contributed by atoms with Gasteiger partial charge in [-0.25, -0.2) is 4.98 Å². The number of amides is 2. The fraction of sp³-hybridized carbons (Fsp3) is 0.464. The van der Waals surface area contributed by atoms with Crippen LogP contribution in [0.15, 0.2) is 42.6 Å². The van der Waals surface area contributed by atoms with Gasteiger partial charge in [0.15, 0.2) is 0 Å². The van der Waals surface area contributed by atoms with Crippen molar-refractivity contribution in [3.63, 3.8) is 0 Å². The number of likely N-dealkylation sites (N-methyl/N-ethyl adjacent to an activating group) is 1. The van der Waals surface area contributed by atoms with Crippen molar-refractivity contribution in [2.24, 2.45) is 5.92 Å². The zero-order chi connectivity index (χ0) is 25.4. The second kappa shape index (κ2) is 12.4. The number of pyridine rings is 1. The Morgan fingerprint density at radius 1 is 1.34 bits per heavy atom. The van der Waals surface area contributed by atoms with E-state index in [2.05, 4.69) is 23.7 Å². The summed E-state index contributed by atoms with van der Waals surface area (Å²) in [5.74, 6) is 6.01.